The largest absolute Gasteiger partial charge is 0.310 e. The van der Waals surface area contributed by atoms with Gasteiger partial charge in [-0.3, -0.25) is 5.43 Å². The van der Waals surface area contributed by atoms with Crippen molar-refractivity contribution in [3.63, 3.8) is 0 Å². The van der Waals surface area contributed by atoms with E-state index in [0.29, 0.717) is 35.9 Å². The summed E-state index contributed by atoms with van der Waals surface area (Å²) in [6.07, 6.45) is 5.88. The molecule has 0 aliphatic carbocycles. The Kier molecular flexibility index (Phi) is 8.44. The molecule has 0 aromatic carbocycles. The molecule has 3 heteroatoms. The first-order valence-electron chi connectivity index (χ1n) is 10.1. The molecule has 0 amide bonds. The summed E-state index contributed by atoms with van der Waals surface area (Å²) in [7, 11) is 0. The van der Waals surface area contributed by atoms with E-state index in [1.54, 1.807) is 0 Å². The molecule has 0 radical (unpaired) electrons. The van der Waals surface area contributed by atoms with Crippen molar-refractivity contribution in [2.45, 2.75) is 98.3 Å². The number of unbranched alkanes of at least 4 members (excludes halogenated alkanes) is 1. The van der Waals surface area contributed by atoms with Crippen molar-refractivity contribution in [2.24, 2.45) is 17.8 Å². The lowest BCUT2D eigenvalue weighted by Crippen LogP contribution is -2.74. The monoisotopic (exact) mass is 337 g/mol. The van der Waals surface area contributed by atoms with Crippen molar-refractivity contribution in [1.29, 1.82) is 0 Å². The molecule has 1 rings (SSSR count). The number of nitrogens with zero attached hydrogens (tertiary/aromatic N) is 1. The zero-order valence-corrected chi connectivity index (χ0v) is 17.5. The van der Waals surface area contributed by atoms with E-state index in [1.165, 1.54) is 19.3 Å². The summed E-state index contributed by atoms with van der Waals surface area (Å²) in [5.41, 5.74) is 3.99. The van der Waals surface area contributed by atoms with Crippen molar-refractivity contribution in [1.82, 2.24) is 15.8 Å². The van der Waals surface area contributed by atoms with Gasteiger partial charge in [-0.1, -0.05) is 53.5 Å². The summed E-state index contributed by atoms with van der Waals surface area (Å²) >= 11 is 0. The average Bonchev–Trinajstić information content (AvgIpc) is 2.53. The molecule has 4 unspecified atom stereocenters. The van der Waals surface area contributed by atoms with Gasteiger partial charge in [-0.2, -0.15) is 0 Å². The molecule has 1 aliphatic rings. The molecule has 0 aromatic rings. The first kappa shape index (κ1) is 21.7. The Morgan fingerprint density at radius 1 is 1.25 bits per heavy atom. The highest BCUT2D eigenvalue weighted by Crippen LogP contribution is 2.31. The highest BCUT2D eigenvalue weighted by molar-refractivity contribution is 5.03. The summed E-state index contributed by atoms with van der Waals surface area (Å²) in [4.78, 5) is 0. The molecular weight excluding hydrogens is 294 g/mol. The third-order valence-corrected chi connectivity index (χ3v) is 6.39. The number of hydrazine groups is 1. The van der Waals surface area contributed by atoms with Gasteiger partial charge in [0.1, 0.15) is 0 Å². The highest BCUT2D eigenvalue weighted by Gasteiger charge is 2.44. The van der Waals surface area contributed by atoms with E-state index in [1.807, 2.05) is 0 Å². The summed E-state index contributed by atoms with van der Waals surface area (Å²) in [5.74, 6) is 1.78. The Balaban J connectivity index is 3.00. The lowest BCUT2D eigenvalue weighted by atomic mass is 9.83. The Labute approximate surface area is 151 Å². The molecule has 0 bridgehead atoms. The fraction of sp³-hybridized carbons (Fsp3) is 0.905. The molecule has 3 nitrogen and oxygen atoms in total. The molecular formula is C21H43N3. The van der Waals surface area contributed by atoms with E-state index in [4.69, 9.17) is 0 Å². The molecule has 1 fully saturated rings. The van der Waals surface area contributed by atoms with Gasteiger partial charge in [-0.15, -0.1) is 6.58 Å². The van der Waals surface area contributed by atoms with E-state index in [2.05, 4.69) is 83.8 Å². The molecule has 142 valence electrons. The lowest BCUT2D eigenvalue weighted by molar-refractivity contribution is -0.0703. The van der Waals surface area contributed by atoms with Gasteiger partial charge in [-0.05, 0) is 44.9 Å². The van der Waals surface area contributed by atoms with Crippen molar-refractivity contribution in [3.8, 4) is 0 Å². The van der Waals surface area contributed by atoms with Gasteiger partial charge in [0.25, 0.3) is 0 Å². The Bertz CT molecular complexity index is 377. The second-order valence-electron chi connectivity index (χ2n) is 8.81. The first-order chi connectivity index (χ1) is 11.2. The number of hydrogen-bond donors (Lipinski definition) is 2. The van der Waals surface area contributed by atoms with Crippen LogP contribution in [-0.2, 0) is 0 Å². The molecule has 2 N–H and O–H groups in total. The molecule has 5 atom stereocenters. The summed E-state index contributed by atoms with van der Waals surface area (Å²) < 4.78 is 0. The predicted octanol–water partition coefficient (Wildman–Crippen LogP) is 4.60. The molecule has 1 heterocycles. The van der Waals surface area contributed by atoms with Crippen LogP contribution in [0.3, 0.4) is 0 Å². The third kappa shape index (κ3) is 5.06. The van der Waals surface area contributed by atoms with E-state index < -0.39 is 0 Å². The number of piperazine rings is 1. The predicted molar refractivity (Wildman–Crippen MR) is 107 cm³/mol. The molecule has 1 saturated heterocycles. The minimum atomic E-state index is 0.0836. The lowest BCUT2D eigenvalue weighted by Gasteiger charge is -2.55. The van der Waals surface area contributed by atoms with Crippen LogP contribution in [0.15, 0.2) is 12.7 Å². The fourth-order valence-electron chi connectivity index (χ4n) is 3.82. The molecule has 24 heavy (non-hydrogen) atoms. The first-order valence-corrected chi connectivity index (χ1v) is 10.1. The Morgan fingerprint density at radius 2 is 1.88 bits per heavy atom. The third-order valence-electron chi connectivity index (χ3n) is 6.39. The maximum absolute atomic E-state index is 4.05. The smallest absolute Gasteiger partial charge is 0.0454 e. The van der Waals surface area contributed by atoms with Gasteiger partial charge in [-0.25, -0.2) is 5.01 Å². The van der Waals surface area contributed by atoms with Crippen LogP contribution in [-0.4, -0.2) is 35.2 Å². The summed E-state index contributed by atoms with van der Waals surface area (Å²) in [6, 6.07) is 1.44. The minimum absolute atomic E-state index is 0.0836. The van der Waals surface area contributed by atoms with Crippen LogP contribution >= 0.6 is 0 Å². The fourth-order valence-corrected chi connectivity index (χ4v) is 3.82. The van der Waals surface area contributed by atoms with Gasteiger partial charge < -0.3 is 5.32 Å². The summed E-state index contributed by atoms with van der Waals surface area (Å²) in [6.45, 7) is 23.8. The van der Waals surface area contributed by atoms with Crippen LogP contribution in [0.1, 0.15) is 74.7 Å². The van der Waals surface area contributed by atoms with Crippen LogP contribution in [0.2, 0.25) is 0 Å². The maximum Gasteiger partial charge on any atom is 0.0454 e. The van der Waals surface area contributed by atoms with Crippen LogP contribution in [0.5, 0.6) is 0 Å². The van der Waals surface area contributed by atoms with Gasteiger partial charge in [0.2, 0.25) is 0 Å². The van der Waals surface area contributed by atoms with Crippen molar-refractivity contribution >= 4 is 0 Å². The normalized spacial score (nSPS) is 28.5. The van der Waals surface area contributed by atoms with Crippen LogP contribution in [0.4, 0.5) is 0 Å². The Morgan fingerprint density at radius 3 is 2.38 bits per heavy atom. The number of nitrogens with one attached hydrogen (secondary N) is 2. The molecule has 0 aromatic heterocycles. The van der Waals surface area contributed by atoms with Gasteiger partial charge in [0.15, 0.2) is 0 Å². The Hall–Kier alpha value is -0.380. The van der Waals surface area contributed by atoms with E-state index in [0.717, 1.165) is 6.54 Å². The zero-order chi connectivity index (χ0) is 18.5. The van der Waals surface area contributed by atoms with Crippen LogP contribution in [0, 0.1) is 17.8 Å². The van der Waals surface area contributed by atoms with E-state index >= 15 is 0 Å². The van der Waals surface area contributed by atoms with Gasteiger partial charge in [0.05, 0.1) is 0 Å². The molecule has 0 spiro atoms. The van der Waals surface area contributed by atoms with Crippen molar-refractivity contribution in [2.75, 3.05) is 6.54 Å². The zero-order valence-electron chi connectivity index (χ0n) is 17.5. The molecule has 1 aliphatic heterocycles. The minimum Gasteiger partial charge on any atom is -0.310 e. The topological polar surface area (TPSA) is 27.3 Å². The standard InChI is InChI=1S/C21H43N3/c1-10-12-13-20-21(8,9)24(19(14-22-20)16(5)11-2)23-18(7)17(6)15(3)4/h11,15-20,22-23H,2,10,12-14H2,1,3-9H3/t16-,17?,18?,19?,20?/m1/s1. The van der Waals surface area contributed by atoms with Crippen LogP contribution in [0.25, 0.3) is 0 Å². The highest BCUT2D eigenvalue weighted by atomic mass is 15.6. The van der Waals surface area contributed by atoms with E-state index in [-0.39, 0.29) is 5.54 Å². The molecule has 0 saturated carbocycles. The maximum atomic E-state index is 4.05. The van der Waals surface area contributed by atoms with E-state index in [9.17, 15) is 0 Å². The van der Waals surface area contributed by atoms with Crippen LogP contribution < -0.4 is 10.7 Å². The second kappa shape index (κ2) is 9.35. The summed E-state index contributed by atoms with van der Waals surface area (Å²) in [5, 5.41) is 6.40. The van der Waals surface area contributed by atoms with Crippen molar-refractivity contribution < 1.29 is 0 Å². The number of hydrogen-bond acceptors (Lipinski definition) is 3. The number of rotatable bonds is 9. The second-order valence-corrected chi connectivity index (χ2v) is 8.81. The van der Waals surface area contributed by atoms with Crippen molar-refractivity contribution in [3.05, 3.63) is 12.7 Å². The quantitative estimate of drug-likeness (QED) is 0.602. The van der Waals surface area contributed by atoms with Gasteiger partial charge in [0, 0.05) is 30.2 Å². The van der Waals surface area contributed by atoms with Gasteiger partial charge >= 0.3 is 0 Å². The SMILES string of the molecule is C=C[C@@H](C)C1CNC(CCCC)C(C)(C)N1NC(C)C(C)C(C)C. The average molecular weight is 338 g/mol.